The largest absolute Gasteiger partial charge is 0.491 e. The number of urea groups is 1. The van der Waals surface area contributed by atoms with Crippen LogP contribution in [0.1, 0.15) is 59.6 Å². The van der Waals surface area contributed by atoms with Gasteiger partial charge >= 0.3 is 12.0 Å². The van der Waals surface area contributed by atoms with Crippen molar-refractivity contribution in [3.63, 3.8) is 0 Å². The van der Waals surface area contributed by atoms with Crippen molar-refractivity contribution in [2.75, 3.05) is 26.2 Å². The Morgan fingerprint density at radius 3 is 2.82 bits per heavy atom. The van der Waals surface area contributed by atoms with E-state index < -0.39 is 5.97 Å². The summed E-state index contributed by atoms with van der Waals surface area (Å²) in [6.45, 7) is 3.58. The predicted molar refractivity (Wildman–Crippen MR) is 125 cm³/mol. The number of ether oxygens (including phenoxy) is 1. The number of hydrogen-bond donors (Lipinski definition) is 2. The monoisotopic (exact) mass is 486 g/mol. The molecule has 1 saturated carbocycles. The average Bonchev–Trinajstić information content (AvgIpc) is 3.40. The molecule has 2 aliphatic heterocycles. The fourth-order valence-corrected chi connectivity index (χ4v) is 5.12. The summed E-state index contributed by atoms with van der Waals surface area (Å²) in [6, 6.07) is 6.10. The molecule has 0 spiro atoms. The molecule has 1 aromatic heterocycles. The summed E-state index contributed by atoms with van der Waals surface area (Å²) in [7, 11) is 0. The third-order valence-corrected chi connectivity index (χ3v) is 7.33. The smallest absolute Gasteiger partial charge is 0.375 e. The van der Waals surface area contributed by atoms with E-state index in [-0.39, 0.29) is 18.7 Å². The highest BCUT2D eigenvalue weighted by molar-refractivity contribution is 7.03. The molecule has 182 valence electrons. The van der Waals surface area contributed by atoms with Gasteiger partial charge in [0.2, 0.25) is 0 Å². The summed E-state index contributed by atoms with van der Waals surface area (Å²) >= 11 is 1.17. The van der Waals surface area contributed by atoms with Crippen LogP contribution in [0, 0.1) is 5.92 Å². The van der Waals surface area contributed by atoms with Gasteiger partial charge in [0, 0.05) is 23.5 Å². The number of fused-ring (bicyclic) bond motifs is 1. The Hall–Kier alpha value is -2.69. The van der Waals surface area contributed by atoms with Gasteiger partial charge in [0.1, 0.15) is 19.0 Å². The Labute approximate surface area is 202 Å². The first kappa shape index (κ1) is 23.1. The molecule has 0 radical (unpaired) electrons. The van der Waals surface area contributed by atoms with Crippen LogP contribution in [0.4, 0.5) is 4.79 Å². The number of nitrogens with one attached hydrogen (secondary N) is 2. The number of nitrogens with zero attached hydrogens (tertiary/aromatic N) is 2. The normalized spacial score (nSPS) is 20.4. The zero-order valence-electron chi connectivity index (χ0n) is 19.0. The van der Waals surface area contributed by atoms with Crippen molar-refractivity contribution in [1.29, 1.82) is 0 Å². The fourth-order valence-electron chi connectivity index (χ4n) is 4.61. The molecule has 34 heavy (non-hydrogen) atoms. The second kappa shape index (κ2) is 10.7. The van der Waals surface area contributed by atoms with Gasteiger partial charge in [-0.05, 0) is 74.3 Å². The third-order valence-electron chi connectivity index (χ3n) is 6.74. The van der Waals surface area contributed by atoms with E-state index in [0.29, 0.717) is 30.4 Å². The lowest BCUT2D eigenvalue weighted by Gasteiger charge is -2.32. The van der Waals surface area contributed by atoms with Crippen molar-refractivity contribution in [3.05, 3.63) is 46.5 Å². The van der Waals surface area contributed by atoms with Crippen LogP contribution < -0.4 is 15.4 Å². The van der Waals surface area contributed by atoms with Gasteiger partial charge in [0.05, 0.1) is 17.8 Å². The van der Waals surface area contributed by atoms with Crippen molar-refractivity contribution >= 4 is 23.5 Å². The van der Waals surface area contributed by atoms with Crippen LogP contribution in [0.2, 0.25) is 0 Å². The van der Waals surface area contributed by atoms with Gasteiger partial charge in [0.15, 0.2) is 0 Å². The van der Waals surface area contributed by atoms with E-state index in [4.69, 9.17) is 14.5 Å². The van der Waals surface area contributed by atoms with Crippen molar-refractivity contribution in [1.82, 2.24) is 19.9 Å². The molecule has 1 unspecified atom stereocenters. The first-order valence-corrected chi connectivity index (χ1v) is 12.8. The SMILES string of the molecule is O=C(NCCC1CCN(C2CC2)CC1)NC1COc2cc(COOC(=O)c3cnsc3)ccc21. The minimum Gasteiger partial charge on any atom is -0.491 e. The molecule has 5 rings (SSSR count). The summed E-state index contributed by atoms with van der Waals surface area (Å²) in [5.74, 6) is 0.819. The second-order valence-corrected chi connectivity index (χ2v) is 9.84. The molecule has 1 atom stereocenters. The van der Waals surface area contributed by atoms with Crippen molar-refractivity contribution in [2.45, 2.75) is 50.8 Å². The molecular weight excluding hydrogens is 456 g/mol. The first-order chi connectivity index (χ1) is 16.7. The Kier molecular flexibility index (Phi) is 7.27. The number of aromatic nitrogens is 1. The molecule has 1 saturated heterocycles. The average molecular weight is 487 g/mol. The molecule has 0 bridgehead atoms. The van der Waals surface area contributed by atoms with Crippen LogP contribution in [-0.4, -0.2) is 53.6 Å². The quantitative estimate of drug-likeness (QED) is 0.414. The number of rotatable bonds is 9. The van der Waals surface area contributed by atoms with E-state index in [9.17, 15) is 9.59 Å². The second-order valence-electron chi connectivity index (χ2n) is 9.18. The van der Waals surface area contributed by atoms with Gasteiger partial charge in [-0.15, -0.1) is 0 Å². The number of hydrogen-bond acceptors (Lipinski definition) is 8. The van der Waals surface area contributed by atoms with E-state index in [1.165, 1.54) is 56.5 Å². The maximum absolute atomic E-state index is 12.4. The number of carbonyl (C=O) groups excluding carboxylic acids is 2. The van der Waals surface area contributed by atoms with E-state index in [2.05, 4.69) is 19.9 Å². The molecule has 2 N–H and O–H groups in total. The lowest BCUT2D eigenvalue weighted by atomic mass is 9.93. The topological polar surface area (TPSA) is 102 Å². The molecule has 9 nitrogen and oxygen atoms in total. The molecule has 2 amide bonds. The summed E-state index contributed by atoms with van der Waals surface area (Å²) in [4.78, 5) is 36.7. The van der Waals surface area contributed by atoms with Crippen LogP contribution >= 0.6 is 11.5 Å². The zero-order valence-corrected chi connectivity index (χ0v) is 19.9. The predicted octanol–water partition coefficient (Wildman–Crippen LogP) is 3.43. The van der Waals surface area contributed by atoms with Crippen LogP contribution in [-0.2, 0) is 16.4 Å². The summed E-state index contributed by atoms with van der Waals surface area (Å²) in [6.07, 6.45) is 7.68. The standard InChI is InChI=1S/C24H30N4O5S/c29-23(18-12-26-34-15-18)33-32-13-17-1-4-20-21(14-31-22(20)11-17)27-24(30)25-8-5-16-6-9-28(10-7-16)19-2-3-19/h1,4,11-12,15-16,19,21H,2-3,5-10,13-14H2,(H2,25,27,30). The van der Waals surface area contributed by atoms with Crippen molar-refractivity contribution in [2.24, 2.45) is 5.92 Å². The number of carbonyl (C=O) groups is 2. The van der Waals surface area contributed by atoms with Gasteiger partial charge in [-0.3, -0.25) is 4.89 Å². The maximum Gasteiger partial charge on any atom is 0.375 e. The molecule has 1 aliphatic carbocycles. The lowest BCUT2D eigenvalue weighted by Crippen LogP contribution is -2.40. The Bertz CT molecular complexity index is 989. The van der Waals surface area contributed by atoms with E-state index in [1.807, 2.05) is 18.2 Å². The molecule has 1 aromatic carbocycles. The summed E-state index contributed by atoms with van der Waals surface area (Å²) in [5.41, 5.74) is 2.08. The third kappa shape index (κ3) is 5.86. The van der Waals surface area contributed by atoms with E-state index in [0.717, 1.165) is 23.6 Å². The lowest BCUT2D eigenvalue weighted by molar-refractivity contribution is -0.250. The van der Waals surface area contributed by atoms with Gasteiger partial charge in [0.25, 0.3) is 0 Å². The van der Waals surface area contributed by atoms with Crippen molar-refractivity contribution in [3.8, 4) is 5.75 Å². The number of amides is 2. The summed E-state index contributed by atoms with van der Waals surface area (Å²) in [5, 5.41) is 7.61. The van der Waals surface area contributed by atoms with Crippen LogP contribution in [0.15, 0.2) is 29.8 Å². The van der Waals surface area contributed by atoms with Crippen LogP contribution in [0.25, 0.3) is 0 Å². The minimum atomic E-state index is -0.579. The number of piperidine rings is 1. The highest BCUT2D eigenvalue weighted by atomic mass is 32.1. The Morgan fingerprint density at radius 2 is 2.06 bits per heavy atom. The molecule has 10 heteroatoms. The maximum atomic E-state index is 12.4. The van der Waals surface area contributed by atoms with Gasteiger partial charge in [-0.1, -0.05) is 12.1 Å². The van der Waals surface area contributed by atoms with Gasteiger partial charge < -0.3 is 20.3 Å². The number of benzene rings is 1. The van der Waals surface area contributed by atoms with Gasteiger partial charge in [-0.2, -0.15) is 4.89 Å². The molecular formula is C24H30N4O5S. The first-order valence-electron chi connectivity index (χ1n) is 11.9. The summed E-state index contributed by atoms with van der Waals surface area (Å²) < 4.78 is 9.61. The van der Waals surface area contributed by atoms with E-state index in [1.54, 1.807) is 5.38 Å². The van der Waals surface area contributed by atoms with E-state index >= 15 is 0 Å². The van der Waals surface area contributed by atoms with Gasteiger partial charge in [-0.25, -0.2) is 14.0 Å². The molecule has 2 fully saturated rings. The zero-order chi connectivity index (χ0) is 23.3. The Morgan fingerprint density at radius 1 is 1.21 bits per heavy atom. The van der Waals surface area contributed by atoms with Crippen LogP contribution in [0.5, 0.6) is 5.75 Å². The molecule has 2 aromatic rings. The fraction of sp³-hybridized carbons (Fsp3) is 0.542. The highest BCUT2D eigenvalue weighted by Crippen LogP contribution is 2.33. The number of likely N-dealkylation sites (tertiary alicyclic amines) is 1. The molecule has 3 aliphatic rings. The Balaban J connectivity index is 1.02. The minimum absolute atomic E-state index is 0.0953. The highest BCUT2D eigenvalue weighted by Gasteiger charge is 2.31. The van der Waals surface area contributed by atoms with Crippen molar-refractivity contribution < 1.29 is 24.1 Å². The molecule has 3 heterocycles. The van der Waals surface area contributed by atoms with Crippen LogP contribution in [0.3, 0.4) is 0 Å².